The lowest BCUT2D eigenvalue weighted by molar-refractivity contribution is 0.415. The molecule has 1 unspecified atom stereocenters. The molecule has 2 N–H and O–H groups in total. The summed E-state index contributed by atoms with van der Waals surface area (Å²) in [5.74, 6) is 0.824. The van der Waals surface area contributed by atoms with Gasteiger partial charge in [-0.2, -0.15) is 0 Å². The molecule has 4 heteroatoms. The molecule has 0 aliphatic heterocycles. The van der Waals surface area contributed by atoms with Crippen LogP contribution in [0.15, 0.2) is 72.9 Å². The number of pyridine rings is 1. The molecule has 0 saturated heterocycles. The van der Waals surface area contributed by atoms with Crippen LogP contribution in [0.4, 0.5) is 5.69 Å². The molecule has 0 aliphatic carbocycles. The summed E-state index contributed by atoms with van der Waals surface area (Å²) in [5, 5.41) is 4.85. The van der Waals surface area contributed by atoms with Crippen LogP contribution < -0.4 is 10.1 Å². The van der Waals surface area contributed by atoms with Gasteiger partial charge < -0.3 is 15.0 Å². The van der Waals surface area contributed by atoms with Crippen molar-refractivity contribution in [1.82, 2.24) is 9.97 Å². The number of rotatable bonds is 5. The minimum absolute atomic E-state index is 0.0699. The molecule has 4 aromatic rings. The predicted octanol–water partition coefficient (Wildman–Crippen LogP) is 5.08. The zero-order chi connectivity index (χ0) is 17.9. The number of H-pyrrole nitrogens is 1. The van der Waals surface area contributed by atoms with E-state index in [4.69, 9.17) is 4.74 Å². The monoisotopic (exact) mass is 343 g/mol. The number of nitrogens with one attached hydrogen (secondary N) is 2. The van der Waals surface area contributed by atoms with Crippen LogP contribution in [0.25, 0.3) is 10.9 Å². The first-order valence-corrected chi connectivity index (χ1v) is 8.65. The van der Waals surface area contributed by atoms with Gasteiger partial charge in [-0.3, -0.25) is 4.98 Å². The highest BCUT2D eigenvalue weighted by Gasteiger charge is 2.22. The second-order valence-corrected chi connectivity index (χ2v) is 6.27. The van der Waals surface area contributed by atoms with E-state index in [1.54, 1.807) is 7.11 Å². The molecule has 4 rings (SSSR count). The van der Waals surface area contributed by atoms with Gasteiger partial charge in [-0.25, -0.2) is 0 Å². The number of anilines is 1. The number of ether oxygens (including phenoxy) is 1. The summed E-state index contributed by atoms with van der Waals surface area (Å²) in [6, 6.07) is 22.3. The minimum Gasteiger partial charge on any atom is -0.497 e. The fourth-order valence-electron chi connectivity index (χ4n) is 3.39. The molecule has 26 heavy (non-hydrogen) atoms. The van der Waals surface area contributed by atoms with Crippen molar-refractivity contribution in [3.05, 3.63) is 89.9 Å². The van der Waals surface area contributed by atoms with Crippen molar-refractivity contribution in [2.75, 3.05) is 12.4 Å². The Morgan fingerprint density at radius 2 is 1.85 bits per heavy atom. The summed E-state index contributed by atoms with van der Waals surface area (Å²) in [6.07, 6.45) is 1.83. The van der Waals surface area contributed by atoms with Crippen molar-refractivity contribution in [2.24, 2.45) is 0 Å². The number of aromatic nitrogens is 2. The van der Waals surface area contributed by atoms with Gasteiger partial charge >= 0.3 is 0 Å². The van der Waals surface area contributed by atoms with Crippen LogP contribution in [0, 0.1) is 6.92 Å². The topological polar surface area (TPSA) is 49.9 Å². The van der Waals surface area contributed by atoms with E-state index in [2.05, 4.69) is 46.5 Å². The van der Waals surface area contributed by atoms with E-state index in [0.717, 1.165) is 28.3 Å². The molecule has 4 nitrogen and oxygen atoms in total. The second kappa shape index (κ2) is 6.92. The van der Waals surface area contributed by atoms with E-state index >= 15 is 0 Å². The Morgan fingerprint density at radius 1 is 1.00 bits per heavy atom. The molecule has 0 amide bonds. The van der Waals surface area contributed by atoms with Crippen molar-refractivity contribution >= 4 is 16.6 Å². The standard InChI is InChI=1S/C22H21N3O/c1-15-21(18-10-3-4-11-19(18)24-15)22(20-12-5-6-13-23-20)25-16-8-7-9-17(14-16)26-2/h3-14,22,24-25H,1-2H3. The van der Waals surface area contributed by atoms with Gasteiger partial charge in [0.1, 0.15) is 5.75 Å². The minimum atomic E-state index is -0.0699. The highest BCUT2D eigenvalue weighted by Crippen LogP contribution is 2.34. The molecule has 0 aliphatic rings. The maximum atomic E-state index is 5.37. The van der Waals surface area contributed by atoms with Crippen LogP contribution in [0.3, 0.4) is 0 Å². The van der Waals surface area contributed by atoms with Crippen molar-refractivity contribution in [3.63, 3.8) is 0 Å². The highest BCUT2D eigenvalue weighted by molar-refractivity contribution is 5.86. The first kappa shape index (κ1) is 16.2. The van der Waals surface area contributed by atoms with Crippen molar-refractivity contribution in [1.29, 1.82) is 0 Å². The summed E-state index contributed by atoms with van der Waals surface area (Å²) >= 11 is 0. The Labute approximate surface area is 152 Å². The molecule has 1 atom stereocenters. The van der Waals surface area contributed by atoms with E-state index in [-0.39, 0.29) is 6.04 Å². The normalized spacial score (nSPS) is 12.1. The third-order valence-corrected chi connectivity index (χ3v) is 4.60. The quantitative estimate of drug-likeness (QED) is 0.531. The smallest absolute Gasteiger partial charge is 0.120 e. The first-order chi connectivity index (χ1) is 12.8. The zero-order valence-corrected chi connectivity index (χ0v) is 14.9. The number of aromatic amines is 1. The Morgan fingerprint density at radius 3 is 2.65 bits per heavy atom. The molecule has 0 fully saturated rings. The lowest BCUT2D eigenvalue weighted by Gasteiger charge is -2.21. The lowest BCUT2D eigenvalue weighted by atomic mass is 9.99. The Balaban J connectivity index is 1.84. The molecule has 130 valence electrons. The third kappa shape index (κ3) is 3.02. The zero-order valence-electron chi connectivity index (χ0n) is 14.9. The number of nitrogens with zero attached hydrogens (tertiary/aromatic N) is 1. The molecule has 2 aromatic carbocycles. The van der Waals surface area contributed by atoms with Gasteiger partial charge in [0.2, 0.25) is 0 Å². The number of methoxy groups -OCH3 is 1. The summed E-state index contributed by atoms with van der Waals surface area (Å²) < 4.78 is 5.37. The molecule has 0 bridgehead atoms. The third-order valence-electron chi connectivity index (χ3n) is 4.60. The van der Waals surface area contributed by atoms with Crippen LogP contribution >= 0.6 is 0 Å². The number of para-hydroxylation sites is 1. The largest absolute Gasteiger partial charge is 0.497 e. The van der Waals surface area contributed by atoms with Gasteiger partial charge in [-0.15, -0.1) is 0 Å². The van der Waals surface area contributed by atoms with Crippen molar-refractivity contribution in [2.45, 2.75) is 13.0 Å². The molecular weight excluding hydrogens is 322 g/mol. The Kier molecular flexibility index (Phi) is 4.32. The fraction of sp³-hybridized carbons (Fsp3) is 0.136. The number of hydrogen-bond donors (Lipinski definition) is 2. The lowest BCUT2D eigenvalue weighted by Crippen LogP contribution is -2.14. The number of hydrogen-bond acceptors (Lipinski definition) is 3. The van der Waals surface area contributed by atoms with E-state index < -0.39 is 0 Å². The van der Waals surface area contributed by atoms with Crippen molar-refractivity contribution < 1.29 is 4.74 Å². The summed E-state index contributed by atoms with van der Waals surface area (Å²) in [4.78, 5) is 8.11. The van der Waals surface area contributed by atoms with E-state index in [9.17, 15) is 0 Å². The summed E-state index contributed by atoms with van der Waals surface area (Å²) in [5.41, 5.74) is 5.44. The molecule has 2 heterocycles. The SMILES string of the molecule is COc1cccc(NC(c2ccccn2)c2c(C)[nH]c3ccccc23)c1. The van der Waals surface area contributed by atoms with E-state index in [1.807, 2.05) is 48.7 Å². The fourth-order valence-corrected chi connectivity index (χ4v) is 3.39. The second-order valence-electron chi connectivity index (χ2n) is 6.27. The first-order valence-electron chi connectivity index (χ1n) is 8.65. The maximum Gasteiger partial charge on any atom is 0.120 e. The van der Waals surface area contributed by atoms with Crippen LogP contribution in [0.1, 0.15) is 23.0 Å². The number of benzene rings is 2. The van der Waals surface area contributed by atoms with Gasteiger partial charge in [-0.1, -0.05) is 30.3 Å². The van der Waals surface area contributed by atoms with Gasteiger partial charge in [0.15, 0.2) is 0 Å². The Hall–Kier alpha value is -3.27. The van der Waals surface area contributed by atoms with Crippen LogP contribution in [0.2, 0.25) is 0 Å². The number of aryl methyl sites for hydroxylation is 1. The van der Waals surface area contributed by atoms with Crippen LogP contribution in [0.5, 0.6) is 5.75 Å². The molecule has 0 saturated carbocycles. The summed E-state index contributed by atoms with van der Waals surface area (Å²) in [6.45, 7) is 2.11. The van der Waals surface area contributed by atoms with Gasteiger partial charge in [0.25, 0.3) is 0 Å². The average Bonchev–Trinajstić information content (AvgIpc) is 3.02. The van der Waals surface area contributed by atoms with Gasteiger partial charge in [0, 0.05) is 40.1 Å². The molecule has 2 aromatic heterocycles. The van der Waals surface area contributed by atoms with Gasteiger partial charge in [0.05, 0.1) is 18.8 Å². The van der Waals surface area contributed by atoms with Crippen LogP contribution in [-0.4, -0.2) is 17.1 Å². The van der Waals surface area contributed by atoms with Gasteiger partial charge in [-0.05, 0) is 37.3 Å². The summed E-state index contributed by atoms with van der Waals surface area (Å²) in [7, 11) is 1.68. The molecular formula is C22H21N3O. The van der Waals surface area contributed by atoms with Crippen molar-refractivity contribution in [3.8, 4) is 5.75 Å². The average molecular weight is 343 g/mol. The van der Waals surface area contributed by atoms with E-state index in [0.29, 0.717) is 0 Å². The molecule has 0 radical (unpaired) electrons. The maximum absolute atomic E-state index is 5.37. The van der Waals surface area contributed by atoms with Crippen LogP contribution in [-0.2, 0) is 0 Å². The Bertz CT molecular complexity index is 1020. The highest BCUT2D eigenvalue weighted by atomic mass is 16.5. The van der Waals surface area contributed by atoms with E-state index in [1.165, 1.54) is 10.9 Å². The predicted molar refractivity (Wildman–Crippen MR) is 106 cm³/mol. The number of fused-ring (bicyclic) bond motifs is 1. The molecule has 0 spiro atoms.